The molecule has 2 N–H and O–H groups in total. The van der Waals surface area contributed by atoms with Gasteiger partial charge in [0.25, 0.3) is 0 Å². The van der Waals surface area contributed by atoms with E-state index in [9.17, 15) is 0 Å². The summed E-state index contributed by atoms with van der Waals surface area (Å²) in [5.41, 5.74) is 3.43. The molecule has 7 nitrogen and oxygen atoms in total. The van der Waals surface area contributed by atoms with Gasteiger partial charge in [0.2, 0.25) is 0 Å². The Morgan fingerprint density at radius 1 is 1.16 bits per heavy atom. The van der Waals surface area contributed by atoms with Crippen LogP contribution in [-0.4, -0.2) is 56.4 Å². The first-order valence-electron chi connectivity index (χ1n) is 10.8. The third-order valence-electron chi connectivity index (χ3n) is 5.93. The van der Waals surface area contributed by atoms with Crippen molar-refractivity contribution >= 4 is 29.9 Å². The zero-order valence-corrected chi connectivity index (χ0v) is 21.6. The second-order valence-electron chi connectivity index (χ2n) is 8.00. The monoisotopic (exact) mass is 541 g/mol. The van der Waals surface area contributed by atoms with Crippen LogP contribution in [0, 0.1) is 13.8 Å². The number of halogens is 1. The lowest BCUT2D eigenvalue weighted by molar-refractivity contribution is 0.245. The van der Waals surface area contributed by atoms with Crippen molar-refractivity contribution in [3.05, 3.63) is 46.8 Å². The molecule has 0 radical (unpaired) electrons. The van der Waals surface area contributed by atoms with Crippen LogP contribution in [0.2, 0.25) is 0 Å². The smallest absolute Gasteiger partial charge is 0.191 e. The number of nitrogens with zero attached hydrogens (tertiary/aromatic N) is 3. The molecule has 2 unspecified atom stereocenters. The molecule has 8 heteroatoms. The molecule has 1 aliphatic rings. The van der Waals surface area contributed by atoms with E-state index in [4.69, 9.17) is 9.26 Å². The van der Waals surface area contributed by atoms with Crippen molar-refractivity contribution in [2.75, 3.05) is 40.3 Å². The quantitative estimate of drug-likeness (QED) is 0.299. The predicted octanol–water partition coefficient (Wildman–Crippen LogP) is 4.02. The molecule has 2 heterocycles. The minimum atomic E-state index is 0. The molecule has 0 amide bonds. The van der Waals surface area contributed by atoms with Gasteiger partial charge in [-0.05, 0) is 57.5 Å². The molecule has 31 heavy (non-hydrogen) atoms. The number of aryl methyl sites for hydroxylation is 2. The van der Waals surface area contributed by atoms with Crippen LogP contribution >= 0.6 is 24.0 Å². The van der Waals surface area contributed by atoms with Gasteiger partial charge in [0, 0.05) is 31.6 Å². The van der Waals surface area contributed by atoms with Crippen molar-refractivity contribution in [3.63, 3.8) is 0 Å². The zero-order valence-electron chi connectivity index (χ0n) is 19.3. The first-order valence-corrected chi connectivity index (χ1v) is 10.8. The van der Waals surface area contributed by atoms with Crippen LogP contribution in [0.4, 0.5) is 0 Å². The summed E-state index contributed by atoms with van der Waals surface area (Å²) in [4.78, 5) is 6.97. The largest absolute Gasteiger partial charge is 0.497 e. The summed E-state index contributed by atoms with van der Waals surface area (Å²) >= 11 is 0. The Labute approximate surface area is 203 Å². The minimum Gasteiger partial charge on any atom is -0.497 e. The van der Waals surface area contributed by atoms with Crippen molar-refractivity contribution in [2.45, 2.75) is 45.6 Å². The lowest BCUT2D eigenvalue weighted by Crippen LogP contribution is -2.43. The number of likely N-dealkylation sites (tertiary alicyclic amines) is 1. The van der Waals surface area contributed by atoms with E-state index >= 15 is 0 Å². The van der Waals surface area contributed by atoms with Crippen LogP contribution in [0.25, 0.3) is 0 Å². The third kappa shape index (κ3) is 6.58. The molecule has 1 aromatic heterocycles. The van der Waals surface area contributed by atoms with Crippen LogP contribution in [-0.2, 0) is 0 Å². The summed E-state index contributed by atoms with van der Waals surface area (Å²) in [6.45, 7) is 9.96. The van der Waals surface area contributed by atoms with Gasteiger partial charge in [0.15, 0.2) is 5.96 Å². The summed E-state index contributed by atoms with van der Waals surface area (Å²) < 4.78 is 10.6. The molecular formula is C23H36IN5O2. The number of aromatic nitrogens is 1. The second-order valence-corrected chi connectivity index (χ2v) is 8.00. The number of guanidine groups is 1. The van der Waals surface area contributed by atoms with Gasteiger partial charge in [-0.15, -0.1) is 24.0 Å². The van der Waals surface area contributed by atoms with Gasteiger partial charge >= 0.3 is 0 Å². The molecule has 172 valence electrons. The normalized spacial score (nSPS) is 16.5. The lowest BCUT2D eigenvalue weighted by Gasteiger charge is -2.29. The third-order valence-corrected chi connectivity index (χ3v) is 5.93. The Morgan fingerprint density at radius 3 is 2.35 bits per heavy atom. The summed E-state index contributed by atoms with van der Waals surface area (Å²) in [7, 11) is 3.52. The van der Waals surface area contributed by atoms with Crippen LogP contribution in [0.15, 0.2) is 33.8 Å². The van der Waals surface area contributed by atoms with E-state index < -0.39 is 0 Å². The maximum Gasteiger partial charge on any atom is 0.191 e. The molecule has 0 saturated carbocycles. The lowest BCUT2D eigenvalue weighted by atomic mass is 10.00. The second kappa shape index (κ2) is 12.3. The standard InChI is InChI=1S/C23H35N5O2.HI/c1-16(22-17(2)27-30-18(22)3)14-25-23(24-4)26-15-21(28-12-6-7-13-28)19-8-10-20(29-5)11-9-19;/h8-11,16,21H,6-7,12-15H2,1-5H3,(H2,24,25,26);1H. The number of hydrogen-bond acceptors (Lipinski definition) is 5. The number of ether oxygens (including phenoxy) is 1. The highest BCUT2D eigenvalue weighted by Crippen LogP contribution is 2.26. The van der Waals surface area contributed by atoms with E-state index in [0.29, 0.717) is 6.04 Å². The SMILES string of the molecule is CN=C(NCC(C)c1c(C)noc1C)NCC(c1ccc(OC)cc1)N1CCCC1.I. The molecule has 1 aliphatic heterocycles. The Kier molecular flexibility index (Phi) is 10.1. The molecule has 2 atom stereocenters. The van der Waals surface area contributed by atoms with Crippen LogP contribution in [0.1, 0.15) is 54.3 Å². The van der Waals surface area contributed by atoms with E-state index in [0.717, 1.165) is 49.3 Å². The number of hydrogen-bond donors (Lipinski definition) is 2. The molecule has 0 bridgehead atoms. The van der Waals surface area contributed by atoms with Crippen LogP contribution in [0.5, 0.6) is 5.75 Å². The molecule has 0 aliphatic carbocycles. The predicted molar refractivity (Wildman–Crippen MR) is 136 cm³/mol. The van der Waals surface area contributed by atoms with Gasteiger partial charge in [0.1, 0.15) is 11.5 Å². The molecular weight excluding hydrogens is 505 g/mol. The van der Waals surface area contributed by atoms with Crippen molar-refractivity contribution in [2.24, 2.45) is 4.99 Å². The number of nitrogens with one attached hydrogen (secondary N) is 2. The van der Waals surface area contributed by atoms with Gasteiger partial charge in [-0.25, -0.2) is 0 Å². The molecule has 2 aromatic rings. The van der Waals surface area contributed by atoms with Gasteiger partial charge in [-0.1, -0.05) is 24.2 Å². The highest BCUT2D eigenvalue weighted by Gasteiger charge is 2.24. The van der Waals surface area contributed by atoms with Crippen LogP contribution in [0.3, 0.4) is 0 Å². The minimum absolute atomic E-state index is 0. The Morgan fingerprint density at radius 2 is 1.81 bits per heavy atom. The fourth-order valence-electron chi connectivity index (χ4n) is 4.30. The Hall–Kier alpha value is -1.81. The van der Waals surface area contributed by atoms with Crippen LogP contribution < -0.4 is 15.4 Å². The Balaban J connectivity index is 0.00000341. The summed E-state index contributed by atoms with van der Waals surface area (Å²) in [5.74, 6) is 2.87. The van der Waals surface area contributed by atoms with Gasteiger partial charge in [0.05, 0.1) is 18.8 Å². The van der Waals surface area contributed by atoms with Gasteiger partial charge in [-0.2, -0.15) is 0 Å². The van der Waals surface area contributed by atoms with Crippen molar-refractivity contribution in [1.29, 1.82) is 0 Å². The molecule has 3 rings (SSSR count). The number of rotatable bonds is 8. The summed E-state index contributed by atoms with van der Waals surface area (Å²) in [6.07, 6.45) is 2.52. The maximum absolute atomic E-state index is 5.32. The topological polar surface area (TPSA) is 74.9 Å². The Bertz CT molecular complexity index is 811. The molecule has 1 fully saturated rings. The van der Waals surface area contributed by atoms with E-state index in [1.807, 2.05) is 33.0 Å². The number of aliphatic imine (C=N–C) groups is 1. The highest BCUT2D eigenvalue weighted by atomic mass is 127. The number of methoxy groups -OCH3 is 1. The van der Waals surface area contributed by atoms with Crippen molar-refractivity contribution in [1.82, 2.24) is 20.7 Å². The van der Waals surface area contributed by atoms with E-state index in [-0.39, 0.29) is 29.9 Å². The number of benzene rings is 1. The van der Waals surface area contributed by atoms with Gasteiger partial charge in [-0.3, -0.25) is 9.89 Å². The average molecular weight is 541 g/mol. The van der Waals surface area contributed by atoms with E-state index in [1.54, 1.807) is 7.11 Å². The zero-order chi connectivity index (χ0) is 21.5. The van der Waals surface area contributed by atoms with E-state index in [2.05, 4.69) is 44.7 Å². The van der Waals surface area contributed by atoms with Crippen molar-refractivity contribution in [3.8, 4) is 5.75 Å². The fourth-order valence-corrected chi connectivity index (χ4v) is 4.30. The first kappa shape index (κ1) is 25.5. The molecule has 0 spiro atoms. The highest BCUT2D eigenvalue weighted by molar-refractivity contribution is 14.0. The maximum atomic E-state index is 5.32. The molecule has 1 aromatic carbocycles. The molecule has 1 saturated heterocycles. The van der Waals surface area contributed by atoms with Crippen molar-refractivity contribution < 1.29 is 9.26 Å². The average Bonchev–Trinajstić information content (AvgIpc) is 3.40. The first-order chi connectivity index (χ1) is 14.5. The van der Waals surface area contributed by atoms with Gasteiger partial charge < -0.3 is 19.9 Å². The van der Waals surface area contributed by atoms with E-state index in [1.165, 1.54) is 24.0 Å². The summed E-state index contributed by atoms with van der Waals surface area (Å²) in [5, 5.41) is 11.1. The fraction of sp³-hybridized carbons (Fsp3) is 0.565. The summed E-state index contributed by atoms with van der Waals surface area (Å²) in [6, 6.07) is 8.71.